The van der Waals surface area contributed by atoms with Crippen LogP contribution in [-0.4, -0.2) is 33.3 Å². The van der Waals surface area contributed by atoms with Gasteiger partial charge in [0.25, 0.3) is 0 Å². The number of benzene rings is 2. The summed E-state index contributed by atoms with van der Waals surface area (Å²) in [5.74, 6) is 2.33. The Bertz CT molecular complexity index is 907. The molecule has 0 fully saturated rings. The molecule has 2 aromatic carbocycles. The van der Waals surface area contributed by atoms with Gasteiger partial charge in [-0.15, -0.1) is 0 Å². The summed E-state index contributed by atoms with van der Waals surface area (Å²) in [5.41, 5.74) is 1.44. The lowest BCUT2D eigenvalue weighted by Crippen LogP contribution is -2.26. The maximum absolute atomic E-state index is 12.3. The number of nitriles is 1. The normalized spacial score (nSPS) is 11.2. The molecular weight excluding hydrogens is 396 g/mol. The lowest BCUT2D eigenvalue weighted by Gasteiger charge is -2.17. The first-order valence-corrected chi connectivity index (χ1v) is 10.3. The Morgan fingerprint density at radius 1 is 1.00 bits per heavy atom. The summed E-state index contributed by atoms with van der Waals surface area (Å²) < 4.78 is 22.0. The highest BCUT2D eigenvalue weighted by molar-refractivity contribution is 5.76. The number of amides is 1. The van der Waals surface area contributed by atoms with Crippen molar-refractivity contribution in [1.82, 2.24) is 5.32 Å². The van der Waals surface area contributed by atoms with Crippen LogP contribution in [0.15, 0.2) is 36.4 Å². The standard InChI is InChI=1S/C24H30N2O5/c1-5-12-30-21-11-9-19(15-23(21)29-4)17(2)26-24(27)7-6-13-31-20-10-8-18(16-25)14-22(20)28-3/h8-11,14-15,17H,5-7,12-13H2,1-4H3,(H,26,27). The molecule has 0 aliphatic heterocycles. The topological polar surface area (TPSA) is 89.8 Å². The van der Waals surface area contributed by atoms with Gasteiger partial charge in [0.15, 0.2) is 23.0 Å². The van der Waals surface area contributed by atoms with Gasteiger partial charge in [0.1, 0.15) is 0 Å². The van der Waals surface area contributed by atoms with Gasteiger partial charge in [-0.2, -0.15) is 5.26 Å². The van der Waals surface area contributed by atoms with E-state index in [0.29, 0.717) is 54.6 Å². The van der Waals surface area contributed by atoms with Crippen molar-refractivity contribution in [3.8, 4) is 29.1 Å². The monoisotopic (exact) mass is 426 g/mol. The molecule has 0 saturated heterocycles. The van der Waals surface area contributed by atoms with E-state index in [-0.39, 0.29) is 11.9 Å². The van der Waals surface area contributed by atoms with Crippen LogP contribution < -0.4 is 24.3 Å². The van der Waals surface area contributed by atoms with Crippen LogP contribution in [0.4, 0.5) is 0 Å². The first-order valence-electron chi connectivity index (χ1n) is 10.3. The molecule has 31 heavy (non-hydrogen) atoms. The molecule has 1 unspecified atom stereocenters. The van der Waals surface area contributed by atoms with Crippen molar-refractivity contribution in [2.75, 3.05) is 27.4 Å². The van der Waals surface area contributed by atoms with Crippen molar-refractivity contribution in [2.45, 2.75) is 39.2 Å². The third-order valence-corrected chi connectivity index (χ3v) is 4.63. The van der Waals surface area contributed by atoms with Gasteiger partial charge in [-0.05, 0) is 49.6 Å². The number of hydrogen-bond acceptors (Lipinski definition) is 6. The van der Waals surface area contributed by atoms with E-state index in [1.54, 1.807) is 25.3 Å². The number of hydrogen-bond donors (Lipinski definition) is 1. The molecule has 2 rings (SSSR count). The maximum Gasteiger partial charge on any atom is 0.220 e. The van der Waals surface area contributed by atoms with Crippen molar-refractivity contribution < 1.29 is 23.7 Å². The van der Waals surface area contributed by atoms with E-state index < -0.39 is 0 Å². The minimum Gasteiger partial charge on any atom is -0.493 e. The molecule has 0 aliphatic rings. The average molecular weight is 427 g/mol. The van der Waals surface area contributed by atoms with Crippen LogP contribution in [0.25, 0.3) is 0 Å². The summed E-state index contributed by atoms with van der Waals surface area (Å²) in [7, 11) is 3.12. The molecule has 0 bridgehead atoms. The van der Waals surface area contributed by atoms with E-state index in [1.807, 2.05) is 32.0 Å². The molecule has 1 N–H and O–H groups in total. The van der Waals surface area contributed by atoms with Crippen molar-refractivity contribution in [3.63, 3.8) is 0 Å². The largest absolute Gasteiger partial charge is 0.493 e. The van der Waals surface area contributed by atoms with Crippen LogP contribution in [0.2, 0.25) is 0 Å². The summed E-state index contributed by atoms with van der Waals surface area (Å²) in [4.78, 5) is 12.3. The zero-order valence-corrected chi connectivity index (χ0v) is 18.6. The Kier molecular flexibility index (Phi) is 9.50. The molecule has 0 radical (unpaired) electrons. The summed E-state index contributed by atoms with van der Waals surface area (Å²) in [6.45, 7) is 4.96. The van der Waals surface area contributed by atoms with Crippen LogP contribution >= 0.6 is 0 Å². The second-order valence-electron chi connectivity index (χ2n) is 6.98. The molecule has 0 spiro atoms. The minimum atomic E-state index is -0.166. The predicted molar refractivity (Wildman–Crippen MR) is 118 cm³/mol. The number of ether oxygens (including phenoxy) is 4. The molecule has 1 amide bonds. The average Bonchev–Trinajstić information content (AvgIpc) is 2.80. The van der Waals surface area contributed by atoms with E-state index in [1.165, 1.54) is 7.11 Å². The Balaban J connectivity index is 1.83. The van der Waals surface area contributed by atoms with Crippen molar-refractivity contribution >= 4 is 5.91 Å². The SMILES string of the molecule is CCCOc1ccc(C(C)NC(=O)CCCOc2ccc(C#N)cc2OC)cc1OC. The summed E-state index contributed by atoms with van der Waals surface area (Å²) in [6, 6.07) is 12.6. The fourth-order valence-corrected chi connectivity index (χ4v) is 2.95. The van der Waals surface area contributed by atoms with Gasteiger partial charge in [0, 0.05) is 12.5 Å². The molecule has 0 aliphatic carbocycles. The zero-order chi connectivity index (χ0) is 22.6. The summed E-state index contributed by atoms with van der Waals surface area (Å²) >= 11 is 0. The highest BCUT2D eigenvalue weighted by Crippen LogP contribution is 2.30. The van der Waals surface area contributed by atoms with E-state index in [9.17, 15) is 4.79 Å². The first-order chi connectivity index (χ1) is 15.0. The highest BCUT2D eigenvalue weighted by Gasteiger charge is 2.13. The van der Waals surface area contributed by atoms with E-state index in [0.717, 1.165) is 12.0 Å². The van der Waals surface area contributed by atoms with E-state index in [2.05, 4.69) is 11.4 Å². The Morgan fingerprint density at radius 3 is 2.29 bits per heavy atom. The number of nitrogens with one attached hydrogen (secondary N) is 1. The fourth-order valence-electron chi connectivity index (χ4n) is 2.95. The first kappa shape index (κ1) is 23.9. The lowest BCUT2D eigenvalue weighted by atomic mass is 10.1. The number of carbonyl (C=O) groups is 1. The summed E-state index contributed by atoms with van der Waals surface area (Å²) in [5, 5.41) is 11.9. The molecule has 0 heterocycles. The van der Waals surface area contributed by atoms with Gasteiger partial charge < -0.3 is 24.3 Å². The summed E-state index contributed by atoms with van der Waals surface area (Å²) in [6.07, 6.45) is 1.80. The van der Waals surface area contributed by atoms with Crippen LogP contribution in [0, 0.1) is 11.3 Å². The molecule has 166 valence electrons. The van der Waals surface area contributed by atoms with Crippen LogP contribution in [0.5, 0.6) is 23.0 Å². The molecule has 2 aromatic rings. The third-order valence-electron chi connectivity index (χ3n) is 4.63. The molecule has 0 aromatic heterocycles. The lowest BCUT2D eigenvalue weighted by molar-refractivity contribution is -0.121. The molecule has 1 atom stereocenters. The van der Waals surface area contributed by atoms with Gasteiger partial charge in [0.05, 0.1) is 45.1 Å². The minimum absolute atomic E-state index is 0.0619. The third kappa shape index (κ3) is 7.10. The molecular formula is C24H30N2O5. The number of rotatable bonds is 12. The fraction of sp³-hybridized carbons (Fsp3) is 0.417. The van der Waals surface area contributed by atoms with Crippen LogP contribution in [0.1, 0.15) is 50.3 Å². The van der Waals surface area contributed by atoms with Gasteiger partial charge in [0.2, 0.25) is 5.91 Å². The number of nitrogens with zero attached hydrogens (tertiary/aromatic N) is 1. The van der Waals surface area contributed by atoms with Gasteiger partial charge >= 0.3 is 0 Å². The number of carbonyl (C=O) groups excluding carboxylic acids is 1. The predicted octanol–water partition coefficient (Wildman–Crippen LogP) is 4.40. The Labute approximate surface area is 183 Å². The molecule has 7 nitrogen and oxygen atoms in total. The highest BCUT2D eigenvalue weighted by atomic mass is 16.5. The van der Waals surface area contributed by atoms with Gasteiger partial charge in [-0.1, -0.05) is 13.0 Å². The Hall–Kier alpha value is -3.40. The van der Waals surface area contributed by atoms with E-state index >= 15 is 0 Å². The van der Waals surface area contributed by atoms with Crippen LogP contribution in [0.3, 0.4) is 0 Å². The van der Waals surface area contributed by atoms with Crippen molar-refractivity contribution in [3.05, 3.63) is 47.5 Å². The smallest absolute Gasteiger partial charge is 0.220 e. The van der Waals surface area contributed by atoms with Crippen LogP contribution in [-0.2, 0) is 4.79 Å². The zero-order valence-electron chi connectivity index (χ0n) is 18.6. The molecule has 0 saturated carbocycles. The second-order valence-corrected chi connectivity index (χ2v) is 6.98. The maximum atomic E-state index is 12.3. The van der Waals surface area contributed by atoms with Crippen molar-refractivity contribution in [1.29, 1.82) is 5.26 Å². The quantitative estimate of drug-likeness (QED) is 0.506. The van der Waals surface area contributed by atoms with E-state index in [4.69, 9.17) is 24.2 Å². The Morgan fingerprint density at radius 2 is 1.65 bits per heavy atom. The van der Waals surface area contributed by atoms with Crippen molar-refractivity contribution in [2.24, 2.45) is 0 Å². The number of methoxy groups -OCH3 is 2. The second kappa shape index (κ2) is 12.3. The molecule has 7 heteroatoms. The van der Waals surface area contributed by atoms with Gasteiger partial charge in [-0.3, -0.25) is 4.79 Å². The van der Waals surface area contributed by atoms with Gasteiger partial charge in [-0.25, -0.2) is 0 Å².